The third-order valence-corrected chi connectivity index (χ3v) is 5.84. The molecule has 1 aliphatic heterocycles. The summed E-state index contributed by atoms with van der Waals surface area (Å²) in [7, 11) is 1.66. The second kappa shape index (κ2) is 9.94. The molecule has 0 saturated carbocycles. The van der Waals surface area contributed by atoms with Crippen molar-refractivity contribution in [1.82, 2.24) is 10.2 Å². The summed E-state index contributed by atoms with van der Waals surface area (Å²) in [5, 5.41) is 4.04. The summed E-state index contributed by atoms with van der Waals surface area (Å²) in [5.41, 5.74) is 2.23. The predicted octanol–water partition coefficient (Wildman–Crippen LogP) is 4.83. The van der Waals surface area contributed by atoms with Crippen LogP contribution in [0.15, 0.2) is 48.5 Å². The van der Waals surface area contributed by atoms with E-state index in [1.54, 1.807) is 7.11 Å². The first-order chi connectivity index (χ1) is 13.6. The van der Waals surface area contributed by atoms with Gasteiger partial charge in [-0.1, -0.05) is 48.9 Å². The zero-order chi connectivity index (χ0) is 19.9. The molecule has 150 valence electrons. The Balaban J connectivity index is 1.60. The van der Waals surface area contributed by atoms with Gasteiger partial charge in [-0.25, -0.2) is 0 Å². The molecule has 2 aromatic carbocycles. The largest absolute Gasteiger partial charge is 0.497 e. The number of halogens is 1. The Hall–Kier alpha value is -2.04. The normalized spacial score (nSPS) is 18.5. The zero-order valence-corrected chi connectivity index (χ0v) is 17.4. The molecule has 3 rings (SSSR count). The fourth-order valence-electron chi connectivity index (χ4n) is 3.83. The number of amides is 1. The van der Waals surface area contributed by atoms with Crippen molar-refractivity contribution in [1.29, 1.82) is 0 Å². The minimum absolute atomic E-state index is 0.0172. The highest BCUT2D eigenvalue weighted by atomic mass is 35.5. The maximum absolute atomic E-state index is 12.9. The molecule has 1 heterocycles. The molecule has 4 nitrogen and oxygen atoms in total. The van der Waals surface area contributed by atoms with E-state index >= 15 is 0 Å². The third-order valence-electron chi connectivity index (χ3n) is 5.47. The van der Waals surface area contributed by atoms with Gasteiger partial charge in [0.25, 0.3) is 0 Å². The van der Waals surface area contributed by atoms with E-state index in [1.807, 2.05) is 42.5 Å². The lowest BCUT2D eigenvalue weighted by Crippen LogP contribution is -2.43. The van der Waals surface area contributed by atoms with E-state index in [9.17, 15) is 4.79 Å². The van der Waals surface area contributed by atoms with Crippen molar-refractivity contribution >= 4 is 17.5 Å². The maximum atomic E-state index is 12.9. The summed E-state index contributed by atoms with van der Waals surface area (Å²) in [4.78, 5) is 15.3. The molecule has 1 amide bonds. The van der Waals surface area contributed by atoms with Crippen molar-refractivity contribution in [2.75, 3.05) is 20.2 Å². The molecule has 0 unspecified atom stereocenters. The van der Waals surface area contributed by atoms with Gasteiger partial charge in [0.1, 0.15) is 5.75 Å². The Morgan fingerprint density at radius 3 is 2.68 bits per heavy atom. The molecule has 1 fully saturated rings. The van der Waals surface area contributed by atoms with E-state index in [-0.39, 0.29) is 17.9 Å². The average Bonchev–Trinajstić information content (AvgIpc) is 2.74. The van der Waals surface area contributed by atoms with Gasteiger partial charge in [-0.3, -0.25) is 9.69 Å². The number of carbonyl (C=O) groups excluding carboxylic acids is 1. The summed E-state index contributed by atoms with van der Waals surface area (Å²) < 4.78 is 5.23. The van der Waals surface area contributed by atoms with Crippen LogP contribution < -0.4 is 10.1 Å². The summed E-state index contributed by atoms with van der Waals surface area (Å²) in [6, 6.07) is 15.9. The number of likely N-dealkylation sites (tertiary alicyclic amines) is 1. The average molecular weight is 401 g/mol. The number of nitrogens with zero attached hydrogens (tertiary/aromatic N) is 1. The molecule has 1 saturated heterocycles. The molecule has 0 aromatic heterocycles. The molecule has 0 spiro atoms. The molecule has 0 radical (unpaired) electrons. The van der Waals surface area contributed by atoms with Gasteiger partial charge in [0, 0.05) is 18.1 Å². The Bertz CT molecular complexity index is 778. The van der Waals surface area contributed by atoms with Crippen LogP contribution in [-0.4, -0.2) is 31.0 Å². The Morgan fingerprint density at radius 2 is 2.00 bits per heavy atom. The SMILES string of the molecule is CC[C@@H](NC(=O)[C@@H]1CCCN(Cc2ccccc2Cl)C1)c1ccc(OC)cc1. The van der Waals surface area contributed by atoms with Crippen LogP contribution in [0.5, 0.6) is 5.75 Å². The second-order valence-corrected chi connectivity index (χ2v) is 7.82. The fourth-order valence-corrected chi connectivity index (χ4v) is 4.02. The van der Waals surface area contributed by atoms with Crippen LogP contribution in [0.3, 0.4) is 0 Å². The number of benzene rings is 2. The lowest BCUT2D eigenvalue weighted by Gasteiger charge is -2.33. The van der Waals surface area contributed by atoms with Crippen LogP contribution in [0.25, 0.3) is 0 Å². The molecule has 2 aromatic rings. The van der Waals surface area contributed by atoms with E-state index in [1.165, 1.54) is 0 Å². The Kier molecular flexibility index (Phi) is 7.35. The van der Waals surface area contributed by atoms with Gasteiger partial charge < -0.3 is 10.1 Å². The van der Waals surface area contributed by atoms with Gasteiger partial charge >= 0.3 is 0 Å². The summed E-state index contributed by atoms with van der Waals surface area (Å²) in [6.07, 6.45) is 2.82. The smallest absolute Gasteiger partial charge is 0.224 e. The number of rotatable bonds is 7. The molecule has 2 atom stereocenters. The molecular formula is C23H29ClN2O2. The summed E-state index contributed by atoms with van der Waals surface area (Å²) in [5.74, 6) is 0.988. The minimum Gasteiger partial charge on any atom is -0.497 e. The van der Waals surface area contributed by atoms with Crippen LogP contribution >= 0.6 is 11.6 Å². The lowest BCUT2D eigenvalue weighted by molar-refractivity contribution is -0.127. The highest BCUT2D eigenvalue weighted by Gasteiger charge is 2.27. The molecule has 1 aliphatic rings. The Morgan fingerprint density at radius 1 is 1.25 bits per heavy atom. The van der Waals surface area contributed by atoms with Crippen LogP contribution in [0.4, 0.5) is 0 Å². The van der Waals surface area contributed by atoms with E-state index in [4.69, 9.17) is 16.3 Å². The number of hydrogen-bond donors (Lipinski definition) is 1. The standard InChI is InChI=1S/C23H29ClN2O2/c1-3-22(17-10-12-20(28-2)13-11-17)25-23(27)19-8-6-14-26(16-19)15-18-7-4-5-9-21(18)24/h4-5,7,9-13,19,22H,3,6,8,14-16H2,1-2H3,(H,25,27)/t19-,22-/m1/s1. The second-order valence-electron chi connectivity index (χ2n) is 7.41. The van der Waals surface area contributed by atoms with E-state index in [0.29, 0.717) is 0 Å². The predicted molar refractivity (Wildman–Crippen MR) is 114 cm³/mol. The van der Waals surface area contributed by atoms with Crippen LogP contribution in [0.1, 0.15) is 43.4 Å². The van der Waals surface area contributed by atoms with Crippen LogP contribution in [-0.2, 0) is 11.3 Å². The zero-order valence-electron chi connectivity index (χ0n) is 16.7. The molecule has 0 bridgehead atoms. The monoisotopic (exact) mass is 400 g/mol. The van der Waals surface area contributed by atoms with Gasteiger partial charge in [0.15, 0.2) is 0 Å². The maximum Gasteiger partial charge on any atom is 0.224 e. The molecule has 0 aliphatic carbocycles. The first-order valence-electron chi connectivity index (χ1n) is 10.0. The highest BCUT2D eigenvalue weighted by Crippen LogP contribution is 2.24. The number of methoxy groups -OCH3 is 1. The first kappa shape index (κ1) is 20.7. The number of carbonyl (C=O) groups is 1. The van der Waals surface area contributed by atoms with Crippen molar-refractivity contribution in [2.45, 2.75) is 38.8 Å². The van der Waals surface area contributed by atoms with E-state index in [2.05, 4.69) is 23.2 Å². The van der Waals surface area contributed by atoms with Crippen molar-refractivity contribution in [3.63, 3.8) is 0 Å². The number of nitrogens with one attached hydrogen (secondary N) is 1. The van der Waals surface area contributed by atoms with Crippen molar-refractivity contribution in [3.05, 3.63) is 64.7 Å². The quantitative estimate of drug-likeness (QED) is 0.723. The highest BCUT2D eigenvalue weighted by molar-refractivity contribution is 6.31. The van der Waals surface area contributed by atoms with Gasteiger partial charge in [0.2, 0.25) is 5.91 Å². The Labute approximate surface area is 172 Å². The third kappa shape index (κ3) is 5.27. The topological polar surface area (TPSA) is 41.6 Å². The minimum atomic E-state index is 0.0172. The van der Waals surface area contributed by atoms with Gasteiger partial charge in [-0.15, -0.1) is 0 Å². The fraction of sp³-hybridized carbons (Fsp3) is 0.435. The van der Waals surface area contributed by atoms with Gasteiger partial charge in [-0.05, 0) is 55.1 Å². The van der Waals surface area contributed by atoms with Gasteiger partial charge in [-0.2, -0.15) is 0 Å². The first-order valence-corrected chi connectivity index (χ1v) is 10.4. The lowest BCUT2D eigenvalue weighted by atomic mass is 9.95. The molecule has 28 heavy (non-hydrogen) atoms. The van der Waals surface area contributed by atoms with Gasteiger partial charge in [0.05, 0.1) is 19.1 Å². The van der Waals surface area contributed by atoms with Crippen LogP contribution in [0, 0.1) is 5.92 Å². The van der Waals surface area contributed by atoms with E-state index < -0.39 is 0 Å². The summed E-state index contributed by atoms with van der Waals surface area (Å²) in [6.45, 7) is 4.67. The van der Waals surface area contributed by atoms with E-state index in [0.717, 1.165) is 60.8 Å². The van der Waals surface area contributed by atoms with Crippen LogP contribution in [0.2, 0.25) is 5.02 Å². The van der Waals surface area contributed by atoms with Crippen molar-refractivity contribution < 1.29 is 9.53 Å². The number of piperidine rings is 1. The molecular weight excluding hydrogens is 372 g/mol. The van der Waals surface area contributed by atoms with Crippen molar-refractivity contribution in [3.8, 4) is 5.75 Å². The number of ether oxygens (including phenoxy) is 1. The molecule has 1 N–H and O–H groups in total. The number of hydrogen-bond acceptors (Lipinski definition) is 3. The summed E-state index contributed by atoms with van der Waals surface area (Å²) >= 11 is 6.30. The molecule has 5 heteroatoms. The van der Waals surface area contributed by atoms with Crippen molar-refractivity contribution in [2.24, 2.45) is 5.92 Å².